The third-order valence-electron chi connectivity index (χ3n) is 12.0. The smallest absolute Gasteiger partial charge is 0.250 e. The maximum absolute atomic E-state index is 13.6. The van der Waals surface area contributed by atoms with Gasteiger partial charge in [-0.2, -0.15) is 0 Å². The molecule has 0 spiro atoms. The van der Waals surface area contributed by atoms with Gasteiger partial charge in [-0.1, -0.05) is 35.5 Å². The molecule has 3 aromatic heterocycles. The molecule has 0 radical (unpaired) electrons. The van der Waals surface area contributed by atoms with Gasteiger partial charge in [-0.05, 0) is 158 Å². The predicted octanol–water partition coefficient (Wildman–Crippen LogP) is 7.51. The quantitative estimate of drug-likeness (QED) is 0.0764. The molecular formula is C61H69N6O8P3. The first-order chi connectivity index (χ1) is 37.1. The Morgan fingerprint density at radius 1 is 0.513 bits per heavy atom. The highest BCUT2D eigenvalue weighted by molar-refractivity contribution is 7.65. The van der Waals surface area contributed by atoms with Crippen LogP contribution in [0.4, 0.5) is 0 Å². The molecule has 3 aromatic carbocycles. The van der Waals surface area contributed by atoms with E-state index in [-0.39, 0.29) is 29.2 Å². The summed E-state index contributed by atoms with van der Waals surface area (Å²) in [4.78, 5) is 56.5. The molecule has 0 amide bonds. The van der Waals surface area contributed by atoms with Crippen LogP contribution in [0, 0.1) is 35.5 Å². The molecule has 14 nitrogen and oxygen atoms in total. The highest BCUT2D eigenvalue weighted by Crippen LogP contribution is 2.34. The van der Waals surface area contributed by atoms with Crippen molar-refractivity contribution in [3.8, 4) is 52.8 Å². The lowest BCUT2D eigenvalue weighted by molar-refractivity contribution is -0.149. The number of rotatable bonds is 15. The fourth-order valence-corrected chi connectivity index (χ4v) is 10.5. The third kappa shape index (κ3) is 18.6. The van der Waals surface area contributed by atoms with Gasteiger partial charge < -0.3 is 28.9 Å². The minimum atomic E-state index is -3.79. The molecule has 1 aliphatic heterocycles. The number of benzene rings is 3. The number of aromatic nitrogens is 3. The fourth-order valence-electron chi connectivity index (χ4n) is 8.28. The van der Waals surface area contributed by atoms with Gasteiger partial charge in [0, 0.05) is 100 Å². The topological polar surface area (TPSA) is 174 Å². The van der Waals surface area contributed by atoms with Gasteiger partial charge in [0.25, 0.3) is 0 Å². The van der Waals surface area contributed by atoms with Crippen molar-refractivity contribution < 1.29 is 38.0 Å². The van der Waals surface area contributed by atoms with Crippen LogP contribution in [0.2, 0.25) is 0 Å². The number of hydrogen-bond acceptors (Lipinski definition) is 12. The largest absolute Gasteiger partial charge is 0.625 e. The minimum absolute atomic E-state index is 0.0357. The third-order valence-corrected chi connectivity index (χ3v) is 15.4. The number of pyridine rings is 3. The summed E-state index contributed by atoms with van der Waals surface area (Å²) >= 11 is 0. The summed E-state index contributed by atoms with van der Waals surface area (Å²) in [5, 5.41) is 0. The molecule has 4 heterocycles. The highest BCUT2D eigenvalue weighted by atomic mass is 31.2. The summed E-state index contributed by atoms with van der Waals surface area (Å²) < 4.78 is 43.8. The molecule has 0 bridgehead atoms. The summed E-state index contributed by atoms with van der Waals surface area (Å²) in [5.74, 6) is 23.1. The van der Waals surface area contributed by atoms with Crippen molar-refractivity contribution in [2.75, 3.05) is 52.6 Å². The van der Waals surface area contributed by atoms with Gasteiger partial charge in [-0.3, -0.25) is 23.8 Å². The Morgan fingerprint density at radius 3 is 1.18 bits per heavy atom. The average molecular weight is 1110 g/mol. The zero-order valence-electron chi connectivity index (χ0n) is 45.9. The van der Waals surface area contributed by atoms with E-state index < -0.39 is 22.5 Å². The summed E-state index contributed by atoms with van der Waals surface area (Å²) in [6, 6.07) is 33.3. The molecule has 3 unspecified atom stereocenters. The van der Waals surface area contributed by atoms with Crippen LogP contribution in [0.5, 0.6) is 17.2 Å². The van der Waals surface area contributed by atoms with Crippen LogP contribution in [0.25, 0.3) is 0 Å². The standard InChI is InChI=1S/C61H69N6O8P3/c1-10-76(68)61-52(22-15-49-20-29-58(30-21-49)75-46(6)7)23-24-53(64-61)41-65-31-33-66(42-54-37-50(39-59(62-54)77(8,69)70)13-11-47-16-25-56(26-17-47)73-44(2)3)35-36-67(34-32-65)43-55-38-51(40-60(63-55)78(9,71)72)14-12-48-18-27-57(28-19-48)74-45(4)5/h10,16-21,23-30,37-40,44-46H,31-36,41-43H2,1-9H3,(H,69,70)(H,71,72). The van der Waals surface area contributed by atoms with Crippen LogP contribution in [0.15, 0.2) is 109 Å². The zero-order valence-corrected chi connectivity index (χ0v) is 48.6. The minimum Gasteiger partial charge on any atom is -0.625 e. The Hall–Kier alpha value is -6.42. The lowest BCUT2D eigenvalue weighted by Crippen LogP contribution is -2.36. The SMILES string of the molecule is CC=[P+]([O-])c1nc(CN2CCN(Cc3cc(C#Cc4ccc(OC(C)C)cc4)cc(P(C)(=O)O)n3)CCN(Cc3cc(C#Cc4ccc(OC(C)C)cc4)cc(P(C)(=O)O)n3)CC2)ccc1C#Cc1ccc(OC(C)C)cc1. The lowest BCUT2D eigenvalue weighted by Gasteiger charge is -2.26. The molecule has 1 saturated heterocycles. The predicted molar refractivity (Wildman–Crippen MR) is 312 cm³/mol. The average Bonchev–Trinajstić information content (AvgIpc) is 3.47. The first kappa shape index (κ1) is 59.2. The summed E-state index contributed by atoms with van der Waals surface area (Å²) in [7, 11) is -9.52. The lowest BCUT2D eigenvalue weighted by atomic mass is 10.1. The normalized spacial score (nSPS) is 15.3. The molecule has 0 saturated carbocycles. The molecule has 17 heteroatoms. The maximum Gasteiger partial charge on any atom is 0.250 e. The van der Waals surface area contributed by atoms with Crippen molar-refractivity contribution in [2.24, 2.45) is 0 Å². The Labute approximate surface area is 461 Å². The van der Waals surface area contributed by atoms with Gasteiger partial charge in [0.15, 0.2) is 0 Å². The molecule has 406 valence electrons. The van der Waals surface area contributed by atoms with Crippen LogP contribution in [-0.2, 0) is 28.8 Å². The second-order valence-electron chi connectivity index (χ2n) is 20.1. The molecule has 2 N–H and O–H groups in total. The Kier molecular flexibility index (Phi) is 20.8. The second kappa shape index (κ2) is 27.4. The van der Waals surface area contributed by atoms with Crippen LogP contribution >= 0.6 is 22.5 Å². The molecule has 6 aromatic rings. The summed E-state index contributed by atoms with van der Waals surface area (Å²) in [5.41, 5.74) is 6.51. The van der Waals surface area contributed by atoms with Gasteiger partial charge in [-0.25, -0.2) is 15.0 Å². The van der Waals surface area contributed by atoms with Crippen molar-refractivity contribution >= 4 is 44.6 Å². The van der Waals surface area contributed by atoms with Crippen molar-refractivity contribution in [3.63, 3.8) is 0 Å². The van der Waals surface area contributed by atoms with Crippen LogP contribution in [-0.4, -0.2) is 116 Å². The van der Waals surface area contributed by atoms with Crippen LogP contribution < -0.4 is 35.4 Å². The van der Waals surface area contributed by atoms with Crippen LogP contribution in [0.1, 0.15) is 98.9 Å². The van der Waals surface area contributed by atoms with Gasteiger partial charge in [0.2, 0.25) is 20.2 Å². The maximum atomic E-state index is 13.6. The highest BCUT2D eigenvalue weighted by Gasteiger charge is 2.24. The van der Waals surface area contributed by atoms with E-state index in [2.05, 4.69) is 50.2 Å². The van der Waals surface area contributed by atoms with E-state index in [0.29, 0.717) is 92.4 Å². The Bertz CT molecular complexity index is 3200. The van der Waals surface area contributed by atoms with Crippen molar-refractivity contribution in [1.82, 2.24) is 29.7 Å². The monoisotopic (exact) mass is 1110 g/mol. The summed E-state index contributed by atoms with van der Waals surface area (Å²) in [6.07, 6.45) is 0.123. The fraction of sp³-hybridized carbons (Fsp3) is 0.344. The number of ether oxygens (including phenoxy) is 3. The number of hydrogen-bond donors (Lipinski definition) is 2. The molecule has 1 fully saturated rings. The molecule has 7 rings (SSSR count). The van der Waals surface area contributed by atoms with E-state index >= 15 is 0 Å². The van der Waals surface area contributed by atoms with Gasteiger partial charge in [0.1, 0.15) is 35.9 Å². The van der Waals surface area contributed by atoms with E-state index in [1.165, 1.54) is 13.3 Å². The molecule has 0 aliphatic carbocycles. The van der Waals surface area contributed by atoms with Crippen molar-refractivity contribution in [3.05, 3.63) is 160 Å². The van der Waals surface area contributed by atoms with Gasteiger partial charge in [-0.15, -0.1) is 0 Å². The Balaban J connectivity index is 1.19. The summed E-state index contributed by atoms with van der Waals surface area (Å²) in [6.45, 7) is 20.9. The van der Waals surface area contributed by atoms with E-state index in [1.807, 2.05) is 139 Å². The van der Waals surface area contributed by atoms with Crippen molar-refractivity contribution in [1.29, 1.82) is 0 Å². The van der Waals surface area contributed by atoms with E-state index in [4.69, 9.17) is 29.2 Å². The molecular weight excluding hydrogens is 1040 g/mol. The van der Waals surface area contributed by atoms with Gasteiger partial charge in [0.05, 0.1) is 46.8 Å². The second-order valence-corrected chi connectivity index (χ2v) is 26.1. The van der Waals surface area contributed by atoms with Crippen LogP contribution in [0.3, 0.4) is 0 Å². The van der Waals surface area contributed by atoms with Crippen molar-refractivity contribution in [2.45, 2.75) is 86.4 Å². The first-order valence-corrected chi connectivity index (χ1v) is 31.6. The molecule has 3 atom stereocenters. The first-order valence-electron chi connectivity index (χ1n) is 26.1. The molecule has 78 heavy (non-hydrogen) atoms. The zero-order chi connectivity index (χ0) is 56.0. The van der Waals surface area contributed by atoms with E-state index in [9.17, 15) is 23.8 Å². The van der Waals surface area contributed by atoms with E-state index in [1.54, 1.807) is 24.9 Å². The number of nitrogens with zero attached hydrogens (tertiary/aromatic N) is 6. The van der Waals surface area contributed by atoms with E-state index in [0.717, 1.165) is 39.6 Å². The van der Waals surface area contributed by atoms with Gasteiger partial charge >= 0.3 is 0 Å². The molecule has 1 aliphatic rings. The Morgan fingerprint density at radius 2 is 0.846 bits per heavy atom.